The Morgan fingerprint density at radius 2 is 1.44 bits per heavy atom. The van der Waals surface area contributed by atoms with Crippen molar-refractivity contribution in [3.8, 4) is 0 Å². The molecule has 0 spiro atoms. The van der Waals surface area contributed by atoms with Crippen LogP contribution in [0.5, 0.6) is 0 Å². The molecule has 0 rings (SSSR count). The van der Waals surface area contributed by atoms with Crippen LogP contribution in [-0.4, -0.2) is 60.3 Å². The van der Waals surface area contributed by atoms with Gasteiger partial charge < -0.3 is 24.8 Å². The number of hydrogen-bond acceptors (Lipinski definition) is 5. The fourth-order valence-electron chi connectivity index (χ4n) is 0.940. The van der Waals surface area contributed by atoms with E-state index in [0.29, 0.717) is 0 Å². The Balaban J connectivity index is 3.48. The van der Waals surface area contributed by atoms with E-state index in [1.165, 1.54) is 0 Å². The monoisotopic (exact) mass is 236 g/mol. The summed E-state index contributed by atoms with van der Waals surface area (Å²) in [5.41, 5.74) is 0. The van der Waals surface area contributed by atoms with Crippen LogP contribution < -0.4 is 0 Å². The van der Waals surface area contributed by atoms with Crippen LogP contribution >= 0.6 is 0 Å². The van der Waals surface area contributed by atoms with Crippen molar-refractivity contribution in [3.05, 3.63) is 0 Å². The average molecular weight is 236 g/mol. The summed E-state index contributed by atoms with van der Waals surface area (Å²) >= 11 is 0. The van der Waals surface area contributed by atoms with Crippen molar-refractivity contribution in [2.45, 2.75) is 6.42 Å². The minimum atomic E-state index is -1.43. The molecule has 0 bridgehead atoms. The highest BCUT2D eigenvalue weighted by Crippen LogP contribution is 2.03. The molecule has 0 aromatic rings. The SMILES string of the molecule is O=C(O)C(CCOCCOCCO)C(=O)O. The van der Waals surface area contributed by atoms with Crippen LogP contribution in [-0.2, 0) is 19.1 Å². The van der Waals surface area contributed by atoms with E-state index in [4.69, 9.17) is 24.8 Å². The molecule has 0 atom stereocenters. The standard InChI is InChI=1S/C9H16O7/c10-2-4-16-6-5-15-3-1-7(8(11)12)9(13)14/h7,10H,1-6H2,(H,11,12)(H,13,14). The molecule has 0 aliphatic carbocycles. The summed E-state index contributed by atoms with van der Waals surface area (Å²) in [6.45, 7) is 0.722. The first-order chi connectivity index (χ1) is 7.59. The molecule has 0 heterocycles. The average Bonchev–Trinajstić information content (AvgIpc) is 2.21. The summed E-state index contributed by atoms with van der Waals surface area (Å²) in [5, 5.41) is 25.4. The van der Waals surface area contributed by atoms with Gasteiger partial charge in [-0.05, 0) is 6.42 Å². The third-order valence-electron chi connectivity index (χ3n) is 1.75. The van der Waals surface area contributed by atoms with Gasteiger partial charge in [-0.1, -0.05) is 0 Å². The van der Waals surface area contributed by atoms with Gasteiger partial charge in [-0.15, -0.1) is 0 Å². The Bertz CT molecular complexity index is 202. The topological polar surface area (TPSA) is 113 Å². The first kappa shape index (κ1) is 14.8. The van der Waals surface area contributed by atoms with E-state index >= 15 is 0 Å². The summed E-state index contributed by atoms with van der Waals surface area (Å²) in [6, 6.07) is 0. The molecule has 0 unspecified atom stereocenters. The molecule has 3 N–H and O–H groups in total. The lowest BCUT2D eigenvalue weighted by atomic mass is 10.1. The predicted molar refractivity (Wildman–Crippen MR) is 52.1 cm³/mol. The Kier molecular flexibility index (Phi) is 8.41. The number of aliphatic hydroxyl groups is 1. The molecular weight excluding hydrogens is 220 g/mol. The summed E-state index contributed by atoms with van der Waals surface area (Å²) < 4.78 is 9.85. The van der Waals surface area contributed by atoms with Crippen LogP contribution in [0, 0.1) is 5.92 Å². The zero-order valence-corrected chi connectivity index (χ0v) is 8.79. The van der Waals surface area contributed by atoms with Crippen molar-refractivity contribution in [2.75, 3.05) is 33.0 Å². The van der Waals surface area contributed by atoms with Crippen LogP contribution in [0.15, 0.2) is 0 Å². The van der Waals surface area contributed by atoms with E-state index in [1.807, 2.05) is 0 Å². The van der Waals surface area contributed by atoms with E-state index < -0.39 is 17.9 Å². The van der Waals surface area contributed by atoms with E-state index in [0.717, 1.165) is 0 Å². The minimum absolute atomic E-state index is 0.0474. The molecule has 0 aromatic heterocycles. The van der Waals surface area contributed by atoms with Gasteiger partial charge in [0.25, 0.3) is 0 Å². The summed E-state index contributed by atoms with van der Waals surface area (Å²) in [5.74, 6) is -4.17. The molecule has 0 aliphatic heterocycles. The lowest BCUT2D eigenvalue weighted by Gasteiger charge is -2.08. The lowest BCUT2D eigenvalue weighted by molar-refractivity contribution is -0.155. The zero-order chi connectivity index (χ0) is 12.4. The fourth-order valence-corrected chi connectivity index (χ4v) is 0.940. The molecule has 0 radical (unpaired) electrons. The number of rotatable bonds is 10. The third-order valence-corrected chi connectivity index (χ3v) is 1.75. The van der Waals surface area contributed by atoms with Gasteiger partial charge in [0.2, 0.25) is 0 Å². The maximum Gasteiger partial charge on any atom is 0.317 e. The van der Waals surface area contributed by atoms with Crippen molar-refractivity contribution < 1.29 is 34.4 Å². The number of ether oxygens (including phenoxy) is 2. The summed E-state index contributed by atoms with van der Waals surface area (Å²) in [4.78, 5) is 20.9. The maximum atomic E-state index is 10.5. The fraction of sp³-hybridized carbons (Fsp3) is 0.778. The molecule has 16 heavy (non-hydrogen) atoms. The Morgan fingerprint density at radius 3 is 1.88 bits per heavy atom. The molecule has 0 saturated heterocycles. The molecule has 0 saturated carbocycles. The minimum Gasteiger partial charge on any atom is -0.481 e. The third kappa shape index (κ3) is 7.16. The highest BCUT2D eigenvalue weighted by molar-refractivity contribution is 5.92. The van der Waals surface area contributed by atoms with Gasteiger partial charge in [-0.2, -0.15) is 0 Å². The van der Waals surface area contributed by atoms with Gasteiger partial charge in [-0.3, -0.25) is 9.59 Å². The number of aliphatic hydroxyl groups excluding tert-OH is 1. The number of carboxylic acids is 2. The van der Waals surface area contributed by atoms with Gasteiger partial charge in [0.05, 0.1) is 26.4 Å². The molecular formula is C9H16O7. The Hall–Kier alpha value is -1.18. The molecule has 7 nitrogen and oxygen atoms in total. The van der Waals surface area contributed by atoms with E-state index in [9.17, 15) is 9.59 Å². The first-order valence-corrected chi connectivity index (χ1v) is 4.81. The first-order valence-electron chi connectivity index (χ1n) is 4.81. The zero-order valence-electron chi connectivity index (χ0n) is 8.79. The maximum absolute atomic E-state index is 10.5. The highest BCUT2D eigenvalue weighted by Gasteiger charge is 2.24. The number of hydrogen-bond donors (Lipinski definition) is 3. The van der Waals surface area contributed by atoms with Crippen LogP contribution in [0.3, 0.4) is 0 Å². The molecule has 0 aliphatic rings. The van der Waals surface area contributed by atoms with Gasteiger partial charge in [0, 0.05) is 6.61 Å². The number of carbonyl (C=O) groups is 2. The van der Waals surface area contributed by atoms with Crippen molar-refractivity contribution in [1.82, 2.24) is 0 Å². The Labute approximate surface area is 92.6 Å². The lowest BCUT2D eigenvalue weighted by Crippen LogP contribution is -2.25. The molecule has 0 amide bonds. The second kappa shape index (κ2) is 9.08. The van der Waals surface area contributed by atoms with Gasteiger partial charge in [-0.25, -0.2) is 0 Å². The second-order valence-corrected chi connectivity index (χ2v) is 2.97. The van der Waals surface area contributed by atoms with Gasteiger partial charge >= 0.3 is 11.9 Å². The summed E-state index contributed by atoms with van der Waals surface area (Å²) in [7, 11) is 0. The molecule has 7 heteroatoms. The second-order valence-electron chi connectivity index (χ2n) is 2.97. The quantitative estimate of drug-likeness (QED) is 0.335. The predicted octanol–water partition coefficient (Wildman–Crippen LogP) is -0.813. The van der Waals surface area contributed by atoms with Crippen LogP contribution in [0.25, 0.3) is 0 Å². The van der Waals surface area contributed by atoms with E-state index in [1.54, 1.807) is 0 Å². The van der Waals surface area contributed by atoms with Crippen molar-refractivity contribution in [3.63, 3.8) is 0 Å². The number of aliphatic carboxylic acids is 2. The van der Waals surface area contributed by atoms with Gasteiger partial charge in [0.15, 0.2) is 5.92 Å². The molecule has 0 aromatic carbocycles. The smallest absolute Gasteiger partial charge is 0.317 e. The van der Waals surface area contributed by atoms with Crippen molar-refractivity contribution in [2.24, 2.45) is 5.92 Å². The Morgan fingerprint density at radius 1 is 0.938 bits per heavy atom. The van der Waals surface area contributed by atoms with Gasteiger partial charge in [0.1, 0.15) is 0 Å². The van der Waals surface area contributed by atoms with Crippen molar-refractivity contribution in [1.29, 1.82) is 0 Å². The van der Waals surface area contributed by atoms with E-state index in [2.05, 4.69) is 0 Å². The highest BCUT2D eigenvalue weighted by atomic mass is 16.5. The molecule has 0 fully saturated rings. The van der Waals surface area contributed by atoms with Crippen LogP contribution in [0.1, 0.15) is 6.42 Å². The summed E-state index contributed by atoms with van der Waals surface area (Å²) in [6.07, 6.45) is -0.0787. The number of carboxylic acid groups (broad SMARTS) is 2. The molecule has 94 valence electrons. The van der Waals surface area contributed by atoms with Crippen molar-refractivity contribution >= 4 is 11.9 Å². The van der Waals surface area contributed by atoms with E-state index in [-0.39, 0.29) is 39.5 Å². The largest absolute Gasteiger partial charge is 0.481 e. The van der Waals surface area contributed by atoms with Crippen LogP contribution in [0.2, 0.25) is 0 Å². The van der Waals surface area contributed by atoms with Crippen LogP contribution in [0.4, 0.5) is 0 Å². The normalized spacial score (nSPS) is 10.6.